The number of phenolic OH excluding ortho intramolecular Hbond substituents is 1. The fourth-order valence-electron chi connectivity index (χ4n) is 6.76. The Morgan fingerprint density at radius 1 is 0.763 bits per heavy atom. The lowest BCUT2D eigenvalue weighted by atomic mass is 9.81. The third-order valence-corrected chi connectivity index (χ3v) is 10.5. The molecule has 1 aliphatic carbocycles. The number of rotatable bonds is 8. The molecule has 0 amide bonds. The zero-order valence-corrected chi connectivity index (χ0v) is 35.5. The molecule has 314 valence electrons. The summed E-state index contributed by atoms with van der Waals surface area (Å²) in [7, 11) is 7.56. The Morgan fingerprint density at radius 2 is 1.36 bits per heavy atom. The molecule has 3 aromatic carbocycles. The lowest BCUT2D eigenvalue weighted by molar-refractivity contribution is -0.143. The number of anilines is 2. The van der Waals surface area contributed by atoms with Gasteiger partial charge in [0.25, 0.3) is 0 Å². The first-order valence-electron chi connectivity index (χ1n) is 19.5. The van der Waals surface area contributed by atoms with Crippen molar-refractivity contribution in [2.24, 2.45) is 10.8 Å². The van der Waals surface area contributed by atoms with Crippen LogP contribution in [0.25, 0.3) is 16.7 Å². The Labute approximate surface area is 344 Å². The van der Waals surface area contributed by atoms with Crippen molar-refractivity contribution in [2.45, 2.75) is 73.2 Å². The van der Waals surface area contributed by atoms with E-state index < -0.39 is 23.5 Å². The van der Waals surface area contributed by atoms with E-state index in [1.54, 1.807) is 30.4 Å². The quantitative estimate of drug-likeness (QED) is 0.181. The van der Waals surface area contributed by atoms with Crippen LogP contribution in [0.4, 0.5) is 37.7 Å². The third-order valence-electron chi connectivity index (χ3n) is 10.5. The van der Waals surface area contributed by atoms with Crippen molar-refractivity contribution < 1.29 is 36.2 Å². The maximum absolute atomic E-state index is 14.3. The lowest BCUT2D eigenvalue weighted by Crippen LogP contribution is -2.18. The summed E-state index contributed by atoms with van der Waals surface area (Å²) in [5.41, 5.74) is 2.86. The zero-order chi connectivity index (χ0) is 43.8. The van der Waals surface area contributed by atoms with Gasteiger partial charge in [-0.25, -0.2) is 0 Å². The van der Waals surface area contributed by atoms with Gasteiger partial charge < -0.3 is 19.6 Å². The van der Waals surface area contributed by atoms with Crippen molar-refractivity contribution in [2.75, 3.05) is 38.0 Å². The van der Waals surface area contributed by atoms with Crippen LogP contribution in [0.3, 0.4) is 0 Å². The molecule has 4 nitrogen and oxygen atoms in total. The second kappa shape index (κ2) is 16.7. The molecular weight excluding hydrogens is 763 g/mol. The Kier molecular flexibility index (Phi) is 12.7. The number of halogens is 6. The molecule has 0 bridgehead atoms. The summed E-state index contributed by atoms with van der Waals surface area (Å²) in [5.74, 6) is 1.35. The molecule has 2 aliphatic rings. The van der Waals surface area contributed by atoms with E-state index in [9.17, 15) is 31.4 Å². The number of alkyl halides is 6. The van der Waals surface area contributed by atoms with Gasteiger partial charge in [-0.1, -0.05) is 78.5 Å². The molecule has 0 saturated heterocycles. The van der Waals surface area contributed by atoms with Crippen molar-refractivity contribution in [1.82, 2.24) is 0 Å². The molecule has 59 heavy (non-hydrogen) atoms. The minimum absolute atomic E-state index is 0.00342. The predicted molar refractivity (Wildman–Crippen MR) is 230 cm³/mol. The molecular formula is C49H54F6N2O2. The molecule has 0 atom stereocenters. The van der Waals surface area contributed by atoms with Gasteiger partial charge in [0.2, 0.25) is 0 Å². The van der Waals surface area contributed by atoms with E-state index in [-0.39, 0.29) is 33.8 Å². The highest BCUT2D eigenvalue weighted by Crippen LogP contribution is 2.45. The Morgan fingerprint density at radius 3 is 1.90 bits per heavy atom. The summed E-state index contributed by atoms with van der Waals surface area (Å²) in [5, 5.41) is 11.2. The second-order valence-corrected chi connectivity index (χ2v) is 17.6. The average molecular weight is 817 g/mol. The molecule has 1 N–H and O–H groups in total. The maximum atomic E-state index is 14.3. The Balaban J connectivity index is 1.80. The van der Waals surface area contributed by atoms with Crippen LogP contribution < -0.4 is 14.5 Å². The first kappa shape index (κ1) is 44.7. The minimum Gasteiger partial charge on any atom is -0.507 e. The smallest absolute Gasteiger partial charge is 0.416 e. The van der Waals surface area contributed by atoms with Crippen LogP contribution in [0.5, 0.6) is 11.5 Å². The number of benzene rings is 3. The lowest BCUT2D eigenvalue weighted by Gasteiger charge is -2.29. The zero-order valence-electron chi connectivity index (χ0n) is 35.5. The van der Waals surface area contributed by atoms with Crippen LogP contribution in [0, 0.1) is 10.8 Å². The van der Waals surface area contributed by atoms with Gasteiger partial charge in [-0.05, 0) is 112 Å². The third kappa shape index (κ3) is 10.6. The van der Waals surface area contributed by atoms with E-state index in [1.165, 1.54) is 0 Å². The van der Waals surface area contributed by atoms with Gasteiger partial charge in [0, 0.05) is 68.2 Å². The first-order chi connectivity index (χ1) is 27.2. The summed E-state index contributed by atoms with van der Waals surface area (Å²) >= 11 is 0. The number of nitrogens with zero attached hydrogens (tertiary/aromatic N) is 2. The van der Waals surface area contributed by atoms with Crippen LogP contribution in [0.2, 0.25) is 0 Å². The van der Waals surface area contributed by atoms with Crippen molar-refractivity contribution in [3.05, 3.63) is 148 Å². The van der Waals surface area contributed by atoms with Gasteiger partial charge in [-0.15, -0.1) is 0 Å². The number of fused-ring (bicyclic) bond motifs is 1. The molecule has 0 radical (unpaired) electrons. The van der Waals surface area contributed by atoms with Gasteiger partial charge in [0.15, 0.2) is 0 Å². The average Bonchev–Trinajstić information content (AvgIpc) is 3.13. The van der Waals surface area contributed by atoms with E-state index in [0.29, 0.717) is 53.1 Å². The largest absolute Gasteiger partial charge is 0.507 e. The highest BCUT2D eigenvalue weighted by molar-refractivity contribution is 5.88. The van der Waals surface area contributed by atoms with E-state index in [0.717, 1.165) is 40.2 Å². The van der Waals surface area contributed by atoms with Crippen LogP contribution in [0.15, 0.2) is 120 Å². The van der Waals surface area contributed by atoms with E-state index in [2.05, 4.69) is 6.58 Å². The van der Waals surface area contributed by atoms with Gasteiger partial charge in [-0.3, -0.25) is 0 Å². The SMILES string of the molecule is C=C(/C=C(/C=C/C1=C(c2cc(C(F)(F)F)cc(C(F)(F)F)c2)C(=C/C=C2\C=C(C(C)(C)C)Oc3cc(N(C)C)ccc32)/CCC1)c1ccc(N(C)C)cc1O)C(C)(C)C. The van der Waals surface area contributed by atoms with Crippen molar-refractivity contribution >= 4 is 28.1 Å². The Bertz CT molecular complexity index is 2270. The summed E-state index contributed by atoms with van der Waals surface area (Å²) in [4.78, 5) is 3.81. The van der Waals surface area contributed by atoms with Crippen LogP contribution in [0.1, 0.15) is 88.6 Å². The molecule has 0 saturated carbocycles. The number of ether oxygens (including phenoxy) is 1. The minimum atomic E-state index is -5.03. The number of phenols is 1. The standard InChI is InChI=1S/C49H54F6N2O2/c1-30(46(2,3)4)23-33(40-21-19-38(56(8)9)28-42(40)58)17-15-31-13-12-14-32(45(31)35-24-36(48(50,51)52)27-37(25-35)49(53,54)55)16-18-34-26-44(47(5,6)7)59-43-29-39(57(10)11)20-22-41(34)43/h15-29,58H,1,12-14H2,2-11H3/b17-15+,32-16+,33-23-,34-18+. The van der Waals surface area contributed by atoms with Gasteiger partial charge in [-0.2, -0.15) is 26.3 Å². The van der Waals surface area contributed by atoms with Gasteiger partial charge in [0.05, 0.1) is 11.1 Å². The number of allylic oxidation sites excluding steroid dienone is 13. The molecule has 1 heterocycles. The molecule has 0 spiro atoms. The Hall–Kier alpha value is -5.38. The van der Waals surface area contributed by atoms with E-state index in [4.69, 9.17) is 4.74 Å². The van der Waals surface area contributed by atoms with Crippen molar-refractivity contribution in [3.63, 3.8) is 0 Å². The van der Waals surface area contributed by atoms with Crippen LogP contribution >= 0.6 is 0 Å². The van der Waals surface area contributed by atoms with Gasteiger partial charge >= 0.3 is 12.4 Å². The summed E-state index contributed by atoms with van der Waals surface area (Å²) < 4.78 is 92.4. The van der Waals surface area contributed by atoms with Crippen LogP contribution in [-0.2, 0) is 12.4 Å². The number of hydrogen-bond acceptors (Lipinski definition) is 4. The fourth-order valence-corrected chi connectivity index (χ4v) is 6.76. The van der Waals surface area contributed by atoms with E-state index >= 15 is 0 Å². The normalized spacial score (nSPS) is 17.0. The van der Waals surface area contributed by atoms with Crippen molar-refractivity contribution in [3.8, 4) is 11.5 Å². The predicted octanol–water partition coefficient (Wildman–Crippen LogP) is 14.1. The monoisotopic (exact) mass is 816 g/mol. The summed E-state index contributed by atoms with van der Waals surface area (Å²) in [6, 6.07) is 12.9. The maximum Gasteiger partial charge on any atom is 0.416 e. The molecule has 0 fully saturated rings. The molecule has 3 aromatic rings. The number of aromatic hydroxyl groups is 1. The second-order valence-electron chi connectivity index (χ2n) is 17.6. The summed E-state index contributed by atoms with van der Waals surface area (Å²) in [6.45, 7) is 16.3. The molecule has 1 aliphatic heterocycles. The topological polar surface area (TPSA) is 35.9 Å². The molecule has 0 unspecified atom stereocenters. The molecule has 0 aromatic heterocycles. The molecule has 5 rings (SSSR count). The van der Waals surface area contributed by atoms with Gasteiger partial charge in [0.1, 0.15) is 17.3 Å². The number of hydrogen-bond donors (Lipinski definition) is 1. The molecule has 10 heteroatoms. The highest BCUT2D eigenvalue weighted by Gasteiger charge is 2.38. The fraction of sp³-hybridized carbons (Fsp3) is 0.347. The van der Waals surface area contributed by atoms with Crippen molar-refractivity contribution in [1.29, 1.82) is 0 Å². The first-order valence-corrected chi connectivity index (χ1v) is 19.5. The van der Waals surface area contributed by atoms with E-state index in [1.807, 2.05) is 122 Å². The highest BCUT2D eigenvalue weighted by atomic mass is 19.4. The summed E-state index contributed by atoms with van der Waals surface area (Å²) in [6.07, 6.45) is 2.27. The van der Waals surface area contributed by atoms with Crippen LogP contribution in [-0.4, -0.2) is 33.3 Å².